The standard InChI is InChI=1S/C24H25IN2O5/c1-5-9-32-21-19(25)12-16(13-20(21)31-6-2)11-18-22(28)26-24(30)27(23(18)29)17-8-7-14(3)15(4)10-17/h7-8,10-13H,5-6,9H2,1-4H3,(H,26,28,30)/b18-11+. The van der Waals surface area contributed by atoms with Gasteiger partial charge < -0.3 is 9.47 Å². The third-order valence-corrected chi connectivity index (χ3v) is 5.74. The predicted octanol–water partition coefficient (Wildman–Crippen LogP) is 4.76. The average Bonchev–Trinajstić information content (AvgIpc) is 2.73. The number of urea groups is 1. The molecular weight excluding hydrogens is 523 g/mol. The molecule has 0 unspecified atom stereocenters. The maximum absolute atomic E-state index is 13.2. The van der Waals surface area contributed by atoms with E-state index < -0.39 is 17.8 Å². The molecule has 3 rings (SSSR count). The van der Waals surface area contributed by atoms with E-state index in [1.165, 1.54) is 6.08 Å². The summed E-state index contributed by atoms with van der Waals surface area (Å²) in [5.41, 5.74) is 2.83. The topological polar surface area (TPSA) is 84.9 Å². The van der Waals surface area contributed by atoms with Crippen LogP contribution < -0.4 is 19.7 Å². The molecule has 0 aromatic heterocycles. The molecule has 32 heavy (non-hydrogen) atoms. The summed E-state index contributed by atoms with van der Waals surface area (Å²) >= 11 is 2.13. The Balaban J connectivity index is 2.02. The Bertz CT molecular complexity index is 1110. The van der Waals surface area contributed by atoms with Crippen LogP contribution in [0, 0.1) is 17.4 Å². The number of ether oxygens (including phenoxy) is 2. The second-order valence-electron chi connectivity index (χ2n) is 7.34. The zero-order valence-corrected chi connectivity index (χ0v) is 20.6. The molecule has 1 aliphatic heterocycles. The minimum atomic E-state index is -0.770. The fraction of sp³-hybridized carbons (Fsp3) is 0.292. The molecule has 0 radical (unpaired) electrons. The molecule has 168 valence electrons. The van der Waals surface area contributed by atoms with Crippen molar-refractivity contribution in [3.63, 3.8) is 0 Å². The Morgan fingerprint density at radius 1 is 1.03 bits per heavy atom. The van der Waals surface area contributed by atoms with Gasteiger partial charge >= 0.3 is 6.03 Å². The number of nitrogens with zero attached hydrogens (tertiary/aromatic N) is 1. The summed E-state index contributed by atoms with van der Waals surface area (Å²) in [4.78, 5) is 39.1. The molecule has 2 aromatic rings. The molecule has 2 aromatic carbocycles. The number of imide groups is 2. The van der Waals surface area contributed by atoms with E-state index in [0.29, 0.717) is 36.0 Å². The van der Waals surface area contributed by atoms with Crippen LogP contribution in [0.2, 0.25) is 0 Å². The van der Waals surface area contributed by atoms with Gasteiger partial charge in [0.1, 0.15) is 5.57 Å². The van der Waals surface area contributed by atoms with Gasteiger partial charge in [0, 0.05) is 0 Å². The predicted molar refractivity (Wildman–Crippen MR) is 131 cm³/mol. The second-order valence-corrected chi connectivity index (χ2v) is 8.50. The molecule has 0 aliphatic carbocycles. The van der Waals surface area contributed by atoms with Crippen LogP contribution in [0.15, 0.2) is 35.9 Å². The molecule has 1 saturated heterocycles. The Labute approximate surface area is 200 Å². The molecule has 7 nitrogen and oxygen atoms in total. The van der Waals surface area contributed by atoms with E-state index in [-0.39, 0.29) is 5.57 Å². The lowest BCUT2D eigenvalue weighted by molar-refractivity contribution is -0.122. The molecule has 0 saturated carbocycles. The highest BCUT2D eigenvalue weighted by Gasteiger charge is 2.37. The molecular formula is C24H25IN2O5. The zero-order chi connectivity index (χ0) is 23.4. The second kappa shape index (κ2) is 10.2. The number of anilines is 1. The monoisotopic (exact) mass is 548 g/mol. The van der Waals surface area contributed by atoms with Crippen LogP contribution in [0.25, 0.3) is 6.08 Å². The zero-order valence-electron chi connectivity index (χ0n) is 18.5. The van der Waals surface area contributed by atoms with E-state index in [1.54, 1.807) is 24.3 Å². The molecule has 0 bridgehead atoms. The molecule has 8 heteroatoms. The number of barbiturate groups is 1. The van der Waals surface area contributed by atoms with Crippen molar-refractivity contribution in [1.82, 2.24) is 5.32 Å². The summed E-state index contributed by atoms with van der Waals surface area (Å²) in [5.74, 6) is -0.256. The molecule has 0 atom stereocenters. The Kier molecular flexibility index (Phi) is 7.55. The number of halogens is 1. The first-order valence-electron chi connectivity index (χ1n) is 10.3. The maximum atomic E-state index is 13.2. The first-order valence-corrected chi connectivity index (χ1v) is 11.4. The molecule has 1 fully saturated rings. The Morgan fingerprint density at radius 3 is 2.44 bits per heavy atom. The summed E-state index contributed by atoms with van der Waals surface area (Å²) in [6, 6.07) is 8.02. The minimum Gasteiger partial charge on any atom is -0.490 e. The van der Waals surface area contributed by atoms with Crippen LogP contribution in [-0.4, -0.2) is 31.1 Å². The van der Waals surface area contributed by atoms with Crippen molar-refractivity contribution in [3.8, 4) is 11.5 Å². The highest BCUT2D eigenvalue weighted by atomic mass is 127. The van der Waals surface area contributed by atoms with Gasteiger partial charge in [-0.1, -0.05) is 13.0 Å². The van der Waals surface area contributed by atoms with Gasteiger partial charge in [0.15, 0.2) is 11.5 Å². The molecule has 1 N–H and O–H groups in total. The Hall–Kier alpha value is -2.88. The minimum absolute atomic E-state index is 0.136. The Morgan fingerprint density at radius 2 is 1.78 bits per heavy atom. The number of hydrogen-bond donors (Lipinski definition) is 1. The number of carbonyl (C=O) groups is 3. The molecule has 0 spiro atoms. The quantitative estimate of drug-likeness (QED) is 0.307. The smallest absolute Gasteiger partial charge is 0.335 e. The van der Waals surface area contributed by atoms with Crippen LogP contribution in [0.3, 0.4) is 0 Å². The van der Waals surface area contributed by atoms with Crippen molar-refractivity contribution in [3.05, 3.63) is 56.2 Å². The van der Waals surface area contributed by atoms with Crippen molar-refractivity contribution in [2.45, 2.75) is 34.1 Å². The van der Waals surface area contributed by atoms with E-state index in [1.807, 2.05) is 33.8 Å². The molecule has 1 aliphatic rings. The average molecular weight is 548 g/mol. The van der Waals surface area contributed by atoms with Crippen LogP contribution >= 0.6 is 22.6 Å². The highest BCUT2D eigenvalue weighted by Crippen LogP contribution is 2.35. The molecule has 4 amide bonds. The van der Waals surface area contributed by atoms with E-state index in [0.717, 1.165) is 26.0 Å². The molecule has 1 heterocycles. The number of rotatable bonds is 7. The van der Waals surface area contributed by atoms with Gasteiger partial charge in [-0.3, -0.25) is 14.9 Å². The van der Waals surface area contributed by atoms with Gasteiger partial charge in [-0.25, -0.2) is 9.69 Å². The van der Waals surface area contributed by atoms with E-state index >= 15 is 0 Å². The summed E-state index contributed by atoms with van der Waals surface area (Å²) in [6.45, 7) is 8.70. The first-order chi connectivity index (χ1) is 15.3. The van der Waals surface area contributed by atoms with Gasteiger partial charge in [0.2, 0.25) is 0 Å². The van der Waals surface area contributed by atoms with E-state index in [2.05, 4.69) is 27.9 Å². The lowest BCUT2D eigenvalue weighted by Gasteiger charge is -2.27. The normalized spacial score (nSPS) is 15.2. The number of aryl methyl sites for hydroxylation is 2. The fourth-order valence-electron chi connectivity index (χ4n) is 3.20. The number of carbonyl (C=O) groups excluding carboxylic acids is 3. The lowest BCUT2D eigenvalue weighted by Crippen LogP contribution is -2.54. The SMILES string of the molecule is CCCOc1c(I)cc(/C=C2\C(=O)NC(=O)N(c3ccc(C)c(C)c3)C2=O)cc1OCC. The summed E-state index contributed by atoms with van der Waals surface area (Å²) < 4.78 is 12.3. The van der Waals surface area contributed by atoms with Crippen LogP contribution in [0.1, 0.15) is 37.0 Å². The van der Waals surface area contributed by atoms with E-state index in [4.69, 9.17) is 9.47 Å². The van der Waals surface area contributed by atoms with Gasteiger partial charge in [-0.2, -0.15) is 0 Å². The number of hydrogen-bond acceptors (Lipinski definition) is 5. The maximum Gasteiger partial charge on any atom is 0.335 e. The largest absolute Gasteiger partial charge is 0.490 e. The summed E-state index contributed by atoms with van der Waals surface area (Å²) in [5, 5.41) is 2.26. The van der Waals surface area contributed by atoms with Crippen molar-refractivity contribution in [2.75, 3.05) is 18.1 Å². The summed E-state index contributed by atoms with van der Waals surface area (Å²) in [7, 11) is 0. The van der Waals surface area contributed by atoms with Crippen molar-refractivity contribution < 1.29 is 23.9 Å². The lowest BCUT2D eigenvalue weighted by atomic mass is 10.0. The fourth-order valence-corrected chi connectivity index (χ4v) is 3.98. The van der Waals surface area contributed by atoms with Crippen LogP contribution in [0.4, 0.5) is 10.5 Å². The van der Waals surface area contributed by atoms with Gasteiger partial charge in [0.25, 0.3) is 11.8 Å². The first kappa shape index (κ1) is 23.8. The third-order valence-electron chi connectivity index (χ3n) is 4.94. The van der Waals surface area contributed by atoms with Crippen LogP contribution in [-0.2, 0) is 9.59 Å². The summed E-state index contributed by atoms with van der Waals surface area (Å²) in [6.07, 6.45) is 2.32. The van der Waals surface area contributed by atoms with Gasteiger partial charge in [-0.05, 0) is 96.8 Å². The van der Waals surface area contributed by atoms with Crippen molar-refractivity contribution in [1.29, 1.82) is 0 Å². The number of nitrogens with one attached hydrogen (secondary N) is 1. The third kappa shape index (κ3) is 4.95. The highest BCUT2D eigenvalue weighted by molar-refractivity contribution is 14.1. The van der Waals surface area contributed by atoms with E-state index in [9.17, 15) is 14.4 Å². The van der Waals surface area contributed by atoms with Gasteiger partial charge in [0.05, 0.1) is 22.5 Å². The van der Waals surface area contributed by atoms with Gasteiger partial charge in [-0.15, -0.1) is 0 Å². The van der Waals surface area contributed by atoms with Crippen molar-refractivity contribution >= 4 is 52.2 Å². The number of amides is 4. The number of benzene rings is 2. The van der Waals surface area contributed by atoms with Crippen molar-refractivity contribution in [2.24, 2.45) is 0 Å². The van der Waals surface area contributed by atoms with Crippen LogP contribution in [0.5, 0.6) is 11.5 Å².